The number of hydrogen-bond donors (Lipinski definition) is 1. The molecule has 1 aliphatic carbocycles. The van der Waals surface area contributed by atoms with Crippen LogP contribution in [-0.2, 0) is 16.0 Å². The van der Waals surface area contributed by atoms with Gasteiger partial charge < -0.3 is 9.84 Å². The fourth-order valence-electron chi connectivity index (χ4n) is 2.13. The normalized spacial score (nSPS) is 13.9. The predicted octanol–water partition coefficient (Wildman–Crippen LogP) is 2.30. The number of esters is 1. The van der Waals surface area contributed by atoms with E-state index in [1.54, 1.807) is 0 Å². The number of ether oxygens (including phenoxy) is 1. The Hall–Kier alpha value is -1.77. The molecule has 1 N–H and O–H groups in total. The van der Waals surface area contributed by atoms with Crippen molar-refractivity contribution >= 4 is 11.7 Å². The molecule has 0 fully saturated rings. The number of hydrogen-bond acceptors (Lipinski definition) is 3. The molecule has 84 valence electrons. The fraction of sp³-hybridized carbons (Fsp3) is 0.308. The van der Waals surface area contributed by atoms with Crippen molar-refractivity contribution < 1.29 is 14.6 Å². The zero-order valence-corrected chi connectivity index (χ0v) is 9.63. The zero-order chi connectivity index (χ0) is 11.9. The van der Waals surface area contributed by atoms with Crippen molar-refractivity contribution in [3.05, 3.63) is 40.0 Å². The van der Waals surface area contributed by atoms with Gasteiger partial charge in [-0.1, -0.05) is 12.1 Å². The molecule has 0 amide bonds. The maximum Gasteiger partial charge on any atom is 0.337 e. The second-order valence-corrected chi connectivity index (χ2v) is 4.05. The molecule has 0 aliphatic heterocycles. The average molecular weight is 218 g/mol. The van der Waals surface area contributed by atoms with Crippen molar-refractivity contribution in [1.82, 2.24) is 0 Å². The molecule has 1 aromatic carbocycles. The highest BCUT2D eigenvalue weighted by Crippen LogP contribution is 2.35. The van der Waals surface area contributed by atoms with Gasteiger partial charge in [-0.15, -0.1) is 0 Å². The third kappa shape index (κ3) is 1.40. The van der Waals surface area contributed by atoms with Gasteiger partial charge in [0.25, 0.3) is 0 Å². The number of rotatable bonds is 1. The summed E-state index contributed by atoms with van der Waals surface area (Å²) in [6.45, 7) is 3.90. The first-order valence-electron chi connectivity index (χ1n) is 5.16. The van der Waals surface area contributed by atoms with E-state index in [1.807, 2.05) is 26.0 Å². The summed E-state index contributed by atoms with van der Waals surface area (Å²) in [5, 5.41) is 10.0. The maximum atomic E-state index is 11.5. The smallest absolute Gasteiger partial charge is 0.337 e. The first kappa shape index (κ1) is 10.7. The van der Waals surface area contributed by atoms with Crippen molar-refractivity contribution in [3.8, 4) is 0 Å². The minimum atomic E-state index is -0.451. The van der Waals surface area contributed by atoms with Crippen LogP contribution in [0.25, 0.3) is 5.76 Å². The monoisotopic (exact) mass is 218 g/mol. The Balaban J connectivity index is 2.58. The van der Waals surface area contributed by atoms with E-state index in [1.165, 1.54) is 7.11 Å². The summed E-state index contributed by atoms with van der Waals surface area (Å²) in [4.78, 5) is 11.5. The van der Waals surface area contributed by atoms with Gasteiger partial charge in [-0.3, -0.25) is 0 Å². The molecule has 0 unspecified atom stereocenters. The minimum Gasteiger partial charge on any atom is -0.507 e. The van der Waals surface area contributed by atoms with E-state index in [2.05, 4.69) is 4.74 Å². The van der Waals surface area contributed by atoms with E-state index in [0.717, 1.165) is 22.3 Å². The quantitative estimate of drug-likeness (QED) is 0.736. The number of carbonyl (C=O) groups is 1. The number of aliphatic hydroxyl groups is 1. The van der Waals surface area contributed by atoms with Crippen LogP contribution < -0.4 is 0 Å². The second kappa shape index (κ2) is 3.67. The van der Waals surface area contributed by atoms with E-state index in [-0.39, 0.29) is 5.76 Å². The van der Waals surface area contributed by atoms with Gasteiger partial charge in [0.15, 0.2) is 0 Å². The van der Waals surface area contributed by atoms with Gasteiger partial charge in [-0.25, -0.2) is 4.79 Å². The summed E-state index contributed by atoms with van der Waals surface area (Å²) in [6.07, 6.45) is 0.460. The molecule has 0 atom stereocenters. The number of benzene rings is 1. The van der Waals surface area contributed by atoms with Gasteiger partial charge in [-0.05, 0) is 30.5 Å². The molecule has 2 rings (SSSR count). The Morgan fingerprint density at radius 2 is 1.94 bits per heavy atom. The Labute approximate surface area is 94.4 Å². The average Bonchev–Trinajstić information content (AvgIpc) is 2.62. The van der Waals surface area contributed by atoms with Crippen molar-refractivity contribution in [3.63, 3.8) is 0 Å². The van der Waals surface area contributed by atoms with Crippen LogP contribution in [0.15, 0.2) is 17.7 Å². The van der Waals surface area contributed by atoms with Crippen molar-refractivity contribution in [2.24, 2.45) is 0 Å². The molecule has 0 aromatic heterocycles. The van der Waals surface area contributed by atoms with E-state index in [0.29, 0.717) is 12.0 Å². The number of aryl methyl sites for hydroxylation is 2. The Kier molecular flexibility index (Phi) is 2.46. The summed E-state index contributed by atoms with van der Waals surface area (Å²) in [5.74, 6) is -0.379. The molecule has 0 radical (unpaired) electrons. The van der Waals surface area contributed by atoms with Crippen LogP contribution in [0.2, 0.25) is 0 Å². The van der Waals surface area contributed by atoms with E-state index in [4.69, 9.17) is 0 Å². The summed E-state index contributed by atoms with van der Waals surface area (Å²) < 4.78 is 4.66. The summed E-state index contributed by atoms with van der Waals surface area (Å²) >= 11 is 0. The molecule has 16 heavy (non-hydrogen) atoms. The molecule has 0 saturated carbocycles. The van der Waals surface area contributed by atoms with Crippen molar-refractivity contribution in [2.45, 2.75) is 20.3 Å². The Morgan fingerprint density at radius 3 is 2.50 bits per heavy atom. The maximum absolute atomic E-state index is 11.5. The highest BCUT2D eigenvalue weighted by atomic mass is 16.5. The van der Waals surface area contributed by atoms with Crippen LogP contribution in [0, 0.1) is 13.8 Å². The number of fused-ring (bicyclic) bond motifs is 1. The molecule has 0 spiro atoms. The van der Waals surface area contributed by atoms with Gasteiger partial charge in [0.05, 0.1) is 12.7 Å². The lowest BCUT2D eigenvalue weighted by atomic mass is 9.99. The lowest BCUT2D eigenvalue weighted by Gasteiger charge is -2.07. The fourth-order valence-corrected chi connectivity index (χ4v) is 2.13. The topological polar surface area (TPSA) is 46.5 Å². The summed E-state index contributed by atoms with van der Waals surface area (Å²) in [6, 6.07) is 3.95. The van der Waals surface area contributed by atoms with Gasteiger partial charge in [0.1, 0.15) is 5.76 Å². The van der Waals surface area contributed by atoms with Crippen molar-refractivity contribution in [2.75, 3.05) is 7.11 Å². The Bertz CT molecular complexity index is 498. The van der Waals surface area contributed by atoms with Crippen LogP contribution >= 0.6 is 0 Å². The van der Waals surface area contributed by atoms with Crippen LogP contribution in [0.1, 0.15) is 22.3 Å². The lowest BCUT2D eigenvalue weighted by Crippen LogP contribution is -2.05. The van der Waals surface area contributed by atoms with Gasteiger partial charge >= 0.3 is 5.97 Å². The number of carbonyl (C=O) groups excluding carboxylic acids is 1. The molecule has 1 aliphatic rings. The zero-order valence-electron chi connectivity index (χ0n) is 9.63. The lowest BCUT2D eigenvalue weighted by molar-refractivity contribution is -0.136. The minimum absolute atomic E-state index is 0.0723. The summed E-state index contributed by atoms with van der Waals surface area (Å²) in [7, 11) is 1.32. The van der Waals surface area contributed by atoms with Crippen LogP contribution in [0.4, 0.5) is 0 Å². The third-order valence-corrected chi connectivity index (χ3v) is 3.06. The van der Waals surface area contributed by atoms with Gasteiger partial charge in [-0.2, -0.15) is 0 Å². The van der Waals surface area contributed by atoms with E-state index < -0.39 is 5.97 Å². The van der Waals surface area contributed by atoms with Gasteiger partial charge in [0, 0.05) is 12.0 Å². The first-order chi connectivity index (χ1) is 7.56. The second-order valence-electron chi connectivity index (χ2n) is 4.05. The largest absolute Gasteiger partial charge is 0.507 e. The highest BCUT2D eigenvalue weighted by Gasteiger charge is 2.28. The first-order valence-corrected chi connectivity index (χ1v) is 5.16. The molecule has 0 bridgehead atoms. The van der Waals surface area contributed by atoms with Crippen molar-refractivity contribution in [1.29, 1.82) is 0 Å². The van der Waals surface area contributed by atoms with Crippen LogP contribution in [0.5, 0.6) is 0 Å². The molecule has 3 heteroatoms. The Morgan fingerprint density at radius 1 is 1.31 bits per heavy atom. The predicted molar refractivity (Wildman–Crippen MR) is 61.2 cm³/mol. The van der Waals surface area contributed by atoms with E-state index >= 15 is 0 Å². The number of aliphatic hydroxyl groups excluding tert-OH is 1. The molecular weight excluding hydrogens is 204 g/mol. The third-order valence-electron chi connectivity index (χ3n) is 3.06. The molecule has 0 saturated heterocycles. The van der Waals surface area contributed by atoms with Gasteiger partial charge in [0.2, 0.25) is 0 Å². The van der Waals surface area contributed by atoms with E-state index in [9.17, 15) is 9.90 Å². The molecule has 3 nitrogen and oxygen atoms in total. The summed E-state index contributed by atoms with van der Waals surface area (Å²) in [5.41, 5.74) is 4.25. The van der Waals surface area contributed by atoms with Crippen LogP contribution in [0.3, 0.4) is 0 Å². The molecule has 1 aromatic rings. The standard InChI is InChI=1S/C13H14O3/c1-7-4-5-8(2)11-9(7)6-10(12(11)14)13(15)16-3/h4-5,14H,6H2,1-3H3. The number of methoxy groups -OCH3 is 1. The SMILES string of the molecule is COC(=O)C1=C(O)c2c(C)ccc(C)c2C1. The highest BCUT2D eigenvalue weighted by molar-refractivity contribution is 5.99. The molecular formula is C13H14O3. The van der Waals surface area contributed by atoms with Crippen LogP contribution in [-0.4, -0.2) is 18.2 Å². The molecule has 0 heterocycles.